The Morgan fingerprint density at radius 2 is 1.94 bits per heavy atom. The van der Waals surface area contributed by atoms with Crippen molar-refractivity contribution in [3.63, 3.8) is 0 Å². The first-order valence-electron chi connectivity index (χ1n) is 9.91. The van der Waals surface area contributed by atoms with Crippen LogP contribution in [0.2, 0.25) is 0 Å². The van der Waals surface area contributed by atoms with E-state index in [0.717, 1.165) is 5.39 Å². The number of fused-ring (bicyclic) bond motifs is 1. The van der Waals surface area contributed by atoms with Gasteiger partial charge in [-0.1, -0.05) is 23.2 Å². The van der Waals surface area contributed by atoms with E-state index in [4.69, 9.17) is 10.5 Å². The molecule has 170 valence electrons. The zero-order valence-corrected chi connectivity index (χ0v) is 18.8. The number of methoxy groups -OCH3 is 1. The maximum Gasteiger partial charge on any atom is 0.351 e. The molecule has 1 amide bonds. The number of sulfone groups is 1. The summed E-state index contributed by atoms with van der Waals surface area (Å²) in [6, 6.07) is 13.8. The largest absolute Gasteiger partial charge is 0.493 e. The summed E-state index contributed by atoms with van der Waals surface area (Å²) in [7, 11) is -1.68. The molecular formula is C22H23N6O4S+. The maximum absolute atomic E-state index is 11.8. The minimum atomic E-state index is -3.20. The van der Waals surface area contributed by atoms with Gasteiger partial charge in [0.05, 0.1) is 29.5 Å². The molecule has 0 saturated carbocycles. The molecule has 0 aliphatic heterocycles. The lowest BCUT2D eigenvalue weighted by Gasteiger charge is -2.11. The zero-order valence-electron chi connectivity index (χ0n) is 18.0. The van der Waals surface area contributed by atoms with Gasteiger partial charge >= 0.3 is 5.95 Å². The van der Waals surface area contributed by atoms with Gasteiger partial charge in [0.15, 0.2) is 15.6 Å². The first-order valence-corrected chi connectivity index (χ1v) is 12.0. The number of anilines is 4. The van der Waals surface area contributed by atoms with Crippen LogP contribution in [0.25, 0.3) is 11.0 Å². The third-order valence-corrected chi connectivity index (χ3v) is 5.72. The summed E-state index contributed by atoms with van der Waals surface area (Å²) < 4.78 is 28.9. The standard InChI is InChI=1S/C22H22N6O4S/c1-32-18-8-7-13(12-33(2,30)31)11-17(18)26-22-27-20-15(9-10-24-20)21(28-22)25-16-6-4-3-5-14(16)19(23)29/h3-11H,12H2,1-2H3,(H2,23,29)(H3,24,25,26,27,28)/p+1. The fourth-order valence-corrected chi connectivity index (χ4v) is 4.24. The van der Waals surface area contributed by atoms with Crippen molar-refractivity contribution in [3.8, 4) is 5.75 Å². The fourth-order valence-electron chi connectivity index (χ4n) is 3.45. The van der Waals surface area contributed by atoms with Gasteiger partial charge in [-0.25, -0.2) is 13.4 Å². The number of aromatic nitrogens is 3. The number of aromatic amines is 2. The van der Waals surface area contributed by atoms with Crippen LogP contribution in [0.4, 0.5) is 23.1 Å². The third kappa shape index (κ3) is 5.04. The van der Waals surface area contributed by atoms with Gasteiger partial charge in [-0.3, -0.25) is 15.1 Å². The number of H-pyrrole nitrogens is 2. The van der Waals surface area contributed by atoms with Gasteiger partial charge in [0.25, 0.3) is 5.91 Å². The number of para-hydroxylation sites is 1. The molecular weight excluding hydrogens is 444 g/mol. The van der Waals surface area contributed by atoms with Crippen LogP contribution in [0.5, 0.6) is 5.75 Å². The van der Waals surface area contributed by atoms with Crippen molar-refractivity contribution in [1.29, 1.82) is 0 Å². The van der Waals surface area contributed by atoms with Crippen molar-refractivity contribution in [1.82, 2.24) is 9.97 Å². The molecule has 10 nitrogen and oxygen atoms in total. The first kappa shape index (κ1) is 22.1. The van der Waals surface area contributed by atoms with Gasteiger partial charge in [-0.05, 0) is 35.9 Å². The number of primary amides is 1. The molecule has 6 N–H and O–H groups in total. The second-order valence-electron chi connectivity index (χ2n) is 7.46. The zero-order chi connectivity index (χ0) is 23.6. The second-order valence-corrected chi connectivity index (χ2v) is 9.61. The predicted octanol–water partition coefficient (Wildman–Crippen LogP) is 2.52. The van der Waals surface area contributed by atoms with Crippen LogP contribution >= 0.6 is 0 Å². The summed E-state index contributed by atoms with van der Waals surface area (Å²) in [6.45, 7) is 0. The minimum Gasteiger partial charge on any atom is -0.493 e. The normalized spacial score (nSPS) is 11.3. The lowest BCUT2D eigenvalue weighted by molar-refractivity contribution is -0.333. The number of benzene rings is 2. The van der Waals surface area contributed by atoms with Gasteiger partial charge in [0.1, 0.15) is 5.69 Å². The highest BCUT2D eigenvalue weighted by Gasteiger charge is 2.19. The first-order chi connectivity index (χ1) is 15.7. The van der Waals surface area contributed by atoms with Crippen LogP contribution in [0.3, 0.4) is 0 Å². The van der Waals surface area contributed by atoms with Crippen molar-refractivity contribution in [2.24, 2.45) is 5.73 Å². The van der Waals surface area contributed by atoms with E-state index in [-0.39, 0.29) is 5.75 Å². The molecule has 4 rings (SSSR count). The number of carbonyl (C=O) groups is 1. The summed E-state index contributed by atoms with van der Waals surface area (Å²) in [5.74, 6) is 0.695. The molecule has 11 heteroatoms. The van der Waals surface area contributed by atoms with Gasteiger partial charge < -0.3 is 15.8 Å². The highest BCUT2D eigenvalue weighted by Crippen LogP contribution is 2.30. The fraction of sp³-hybridized carbons (Fsp3) is 0.136. The van der Waals surface area contributed by atoms with Crippen LogP contribution in [-0.2, 0) is 15.6 Å². The van der Waals surface area contributed by atoms with E-state index in [1.165, 1.54) is 13.4 Å². The van der Waals surface area contributed by atoms with Crippen molar-refractivity contribution >= 4 is 49.9 Å². The van der Waals surface area contributed by atoms with Crippen LogP contribution in [0.15, 0.2) is 54.7 Å². The van der Waals surface area contributed by atoms with Crippen molar-refractivity contribution < 1.29 is 22.9 Å². The average molecular weight is 468 g/mol. The van der Waals surface area contributed by atoms with Crippen LogP contribution in [-0.4, -0.2) is 37.7 Å². The van der Waals surface area contributed by atoms with Gasteiger partial charge in [-0.2, -0.15) is 0 Å². The van der Waals surface area contributed by atoms with E-state index in [0.29, 0.717) is 45.7 Å². The van der Waals surface area contributed by atoms with Crippen LogP contribution in [0, 0.1) is 0 Å². The molecule has 0 aliphatic rings. The molecule has 0 atom stereocenters. The molecule has 0 radical (unpaired) electrons. The Kier molecular flexibility index (Phi) is 5.88. The number of nitrogens with two attached hydrogens (primary N) is 1. The van der Waals surface area contributed by atoms with Gasteiger partial charge in [-0.15, -0.1) is 0 Å². The Bertz CT molecular complexity index is 1450. The van der Waals surface area contributed by atoms with E-state index in [2.05, 4.69) is 25.6 Å². The number of hydrogen-bond donors (Lipinski definition) is 4. The number of amides is 1. The summed E-state index contributed by atoms with van der Waals surface area (Å²) in [4.78, 5) is 22.7. The molecule has 0 spiro atoms. The number of hydrogen-bond acceptors (Lipinski definition) is 7. The van der Waals surface area contributed by atoms with Crippen LogP contribution < -0.4 is 26.1 Å². The number of rotatable bonds is 8. The number of nitrogens with one attached hydrogen (secondary N) is 4. The van der Waals surface area contributed by atoms with E-state index in [1.807, 2.05) is 6.07 Å². The molecule has 0 unspecified atom stereocenters. The van der Waals surface area contributed by atoms with Crippen molar-refractivity contribution in [2.75, 3.05) is 24.0 Å². The molecule has 0 fully saturated rings. The SMILES string of the molecule is COc1ccc(CS(C)(=O)=O)cc1Nc1nc(Nc2ccccc2C(N)=O)c2cc[nH]c2[nH+]1. The lowest BCUT2D eigenvalue weighted by atomic mass is 10.1. The van der Waals surface area contributed by atoms with E-state index in [9.17, 15) is 13.2 Å². The summed E-state index contributed by atoms with van der Waals surface area (Å²) in [5.41, 5.74) is 8.18. The van der Waals surface area contributed by atoms with Gasteiger partial charge in [0, 0.05) is 12.5 Å². The van der Waals surface area contributed by atoms with E-state index in [1.54, 1.807) is 48.7 Å². The lowest BCUT2D eigenvalue weighted by Crippen LogP contribution is -2.17. The maximum atomic E-state index is 11.8. The summed E-state index contributed by atoms with van der Waals surface area (Å²) in [6.07, 6.45) is 2.94. The third-order valence-electron chi connectivity index (χ3n) is 4.86. The molecule has 2 aromatic heterocycles. The van der Waals surface area contributed by atoms with Crippen LogP contribution in [0.1, 0.15) is 15.9 Å². The Labute approximate surface area is 190 Å². The van der Waals surface area contributed by atoms with Crippen molar-refractivity contribution in [2.45, 2.75) is 5.75 Å². The topological polar surface area (TPSA) is 153 Å². The minimum absolute atomic E-state index is 0.102. The Morgan fingerprint density at radius 1 is 1.15 bits per heavy atom. The number of nitrogens with zero attached hydrogens (tertiary/aromatic N) is 1. The summed E-state index contributed by atoms with van der Waals surface area (Å²) in [5, 5.41) is 7.10. The van der Waals surface area contributed by atoms with Crippen molar-refractivity contribution in [3.05, 3.63) is 65.9 Å². The molecule has 2 aromatic carbocycles. The van der Waals surface area contributed by atoms with Gasteiger partial charge in [0.2, 0.25) is 11.5 Å². The molecule has 0 saturated heterocycles. The molecule has 0 aliphatic carbocycles. The summed E-state index contributed by atoms with van der Waals surface area (Å²) >= 11 is 0. The Balaban J connectivity index is 1.74. The molecule has 4 aromatic rings. The molecule has 0 bridgehead atoms. The second kappa shape index (κ2) is 8.79. The molecule has 33 heavy (non-hydrogen) atoms. The Hall–Kier alpha value is -4.12. The molecule has 2 heterocycles. The number of ether oxygens (including phenoxy) is 1. The highest BCUT2D eigenvalue weighted by molar-refractivity contribution is 7.89. The Morgan fingerprint density at radius 3 is 2.67 bits per heavy atom. The number of carbonyl (C=O) groups excluding carboxylic acids is 1. The monoisotopic (exact) mass is 467 g/mol. The highest BCUT2D eigenvalue weighted by atomic mass is 32.2. The van der Waals surface area contributed by atoms with E-state index < -0.39 is 15.7 Å². The smallest absolute Gasteiger partial charge is 0.351 e. The van der Waals surface area contributed by atoms with E-state index >= 15 is 0 Å². The predicted molar refractivity (Wildman–Crippen MR) is 126 cm³/mol. The quantitative estimate of drug-likeness (QED) is 0.310. The average Bonchev–Trinajstić information content (AvgIpc) is 3.22.